The number of carbonyl (C=O) groups is 1. The van der Waals surface area contributed by atoms with E-state index in [0.29, 0.717) is 16.3 Å². The third-order valence-electron chi connectivity index (χ3n) is 2.82. The van der Waals surface area contributed by atoms with Gasteiger partial charge in [0.1, 0.15) is 5.65 Å². The van der Waals surface area contributed by atoms with Gasteiger partial charge in [-0.2, -0.15) is 0 Å². The van der Waals surface area contributed by atoms with Crippen molar-refractivity contribution in [1.82, 2.24) is 15.3 Å². The van der Waals surface area contributed by atoms with Gasteiger partial charge in [0.25, 0.3) is 0 Å². The molecule has 0 saturated heterocycles. The molecule has 0 bridgehead atoms. The molecule has 96 valence electrons. The number of aromatic amines is 1. The van der Waals surface area contributed by atoms with Crippen LogP contribution in [0.4, 0.5) is 4.79 Å². The highest BCUT2D eigenvalue weighted by molar-refractivity contribution is 6.32. The number of fused-ring (bicyclic) bond motifs is 3. The number of rotatable bonds is 1. The smallest absolute Gasteiger partial charge is 0.408 e. The first-order valence-electron chi connectivity index (χ1n) is 5.64. The van der Waals surface area contributed by atoms with Gasteiger partial charge in [0.15, 0.2) is 5.75 Å². The molecule has 3 rings (SSSR count). The van der Waals surface area contributed by atoms with E-state index in [9.17, 15) is 4.79 Å². The lowest BCUT2D eigenvalue weighted by molar-refractivity contribution is 0.203. The predicted octanol–water partition coefficient (Wildman–Crippen LogP) is 3.09. The van der Waals surface area contributed by atoms with Gasteiger partial charge in [-0.1, -0.05) is 11.6 Å². The maximum absolute atomic E-state index is 11.3. The molecule has 0 aliphatic heterocycles. The van der Waals surface area contributed by atoms with Crippen LogP contribution < -0.4 is 10.1 Å². The zero-order valence-corrected chi connectivity index (χ0v) is 10.8. The monoisotopic (exact) mass is 275 g/mol. The van der Waals surface area contributed by atoms with Crippen LogP contribution in [0.2, 0.25) is 5.02 Å². The van der Waals surface area contributed by atoms with E-state index in [4.69, 9.17) is 16.3 Å². The number of pyridine rings is 1. The Bertz CT molecular complexity index is 782. The third kappa shape index (κ3) is 1.98. The first-order valence-corrected chi connectivity index (χ1v) is 6.02. The number of nitrogens with zero attached hydrogens (tertiary/aromatic N) is 1. The highest BCUT2D eigenvalue weighted by Crippen LogP contribution is 2.34. The maximum Gasteiger partial charge on any atom is 0.412 e. The second kappa shape index (κ2) is 4.44. The quantitative estimate of drug-likeness (QED) is 0.717. The molecule has 0 aliphatic rings. The molecule has 0 spiro atoms. The van der Waals surface area contributed by atoms with Gasteiger partial charge in [0.2, 0.25) is 0 Å². The molecular formula is C13H10ClN3O2. The van der Waals surface area contributed by atoms with E-state index < -0.39 is 6.09 Å². The second-order valence-electron chi connectivity index (χ2n) is 3.99. The molecule has 2 heterocycles. The van der Waals surface area contributed by atoms with Gasteiger partial charge in [0, 0.05) is 35.1 Å². The number of H-pyrrole nitrogens is 1. The molecular weight excluding hydrogens is 266 g/mol. The normalized spacial score (nSPS) is 10.8. The molecule has 0 fully saturated rings. The SMILES string of the molecule is CNC(=O)Oc1cc(Cl)cc2c1[nH]c1ncccc12. The third-order valence-corrected chi connectivity index (χ3v) is 3.03. The van der Waals surface area contributed by atoms with Crippen molar-refractivity contribution in [2.45, 2.75) is 0 Å². The zero-order valence-electron chi connectivity index (χ0n) is 10.0. The molecule has 5 nitrogen and oxygen atoms in total. The summed E-state index contributed by atoms with van der Waals surface area (Å²) in [6.07, 6.45) is 1.15. The van der Waals surface area contributed by atoms with E-state index in [1.165, 1.54) is 7.05 Å². The number of hydrogen-bond donors (Lipinski definition) is 2. The van der Waals surface area contributed by atoms with Gasteiger partial charge in [-0.05, 0) is 18.2 Å². The topological polar surface area (TPSA) is 67.0 Å². The van der Waals surface area contributed by atoms with Crippen LogP contribution in [0.5, 0.6) is 5.75 Å². The van der Waals surface area contributed by atoms with Crippen LogP contribution in [0.15, 0.2) is 30.5 Å². The molecule has 1 aromatic carbocycles. The number of ether oxygens (including phenoxy) is 1. The summed E-state index contributed by atoms with van der Waals surface area (Å²) in [6.45, 7) is 0. The summed E-state index contributed by atoms with van der Waals surface area (Å²) < 4.78 is 5.19. The molecule has 19 heavy (non-hydrogen) atoms. The maximum atomic E-state index is 11.3. The van der Waals surface area contributed by atoms with Crippen molar-refractivity contribution in [3.8, 4) is 5.75 Å². The van der Waals surface area contributed by atoms with Crippen LogP contribution in [0, 0.1) is 0 Å². The Kier molecular flexibility index (Phi) is 2.76. The Morgan fingerprint density at radius 2 is 2.26 bits per heavy atom. The molecule has 6 heteroatoms. The Balaban J connectivity index is 2.29. The first kappa shape index (κ1) is 11.8. The average molecular weight is 276 g/mol. The number of amides is 1. The Morgan fingerprint density at radius 1 is 1.42 bits per heavy atom. The van der Waals surface area contributed by atoms with Crippen molar-refractivity contribution in [1.29, 1.82) is 0 Å². The average Bonchev–Trinajstić information content (AvgIpc) is 2.77. The van der Waals surface area contributed by atoms with Gasteiger partial charge < -0.3 is 15.0 Å². The molecule has 3 aromatic rings. The van der Waals surface area contributed by atoms with Crippen LogP contribution in [0.1, 0.15) is 0 Å². The fourth-order valence-corrected chi connectivity index (χ4v) is 2.20. The van der Waals surface area contributed by atoms with E-state index in [2.05, 4.69) is 15.3 Å². The summed E-state index contributed by atoms with van der Waals surface area (Å²) in [5, 5.41) is 4.70. The molecule has 0 aliphatic carbocycles. The molecule has 2 N–H and O–H groups in total. The van der Waals surface area contributed by atoms with Crippen molar-refractivity contribution < 1.29 is 9.53 Å². The van der Waals surface area contributed by atoms with E-state index in [0.717, 1.165) is 16.4 Å². The largest absolute Gasteiger partial charge is 0.412 e. The Labute approximate surface area is 113 Å². The van der Waals surface area contributed by atoms with Crippen LogP contribution >= 0.6 is 11.6 Å². The fraction of sp³-hybridized carbons (Fsp3) is 0.0769. The Hall–Kier alpha value is -2.27. The summed E-state index contributed by atoms with van der Waals surface area (Å²) in [6, 6.07) is 7.18. The lowest BCUT2D eigenvalue weighted by atomic mass is 10.2. The summed E-state index contributed by atoms with van der Waals surface area (Å²) in [5.41, 5.74) is 1.42. The van der Waals surface area contributed by atoms with Crippen LogP contribution in [0.25, 0.3) is 21.9 Å². The summed E-state index contributed by atoms with van der Waals surface area (Å²) in [7, 11) is 1.50. The lowest BCUT2D eigenvalue weighted by Crippen LogP contribution is -2.22. The molecule has 2 aromatic heterocycles. The van der Waals surface area contributed by atoms with Gasteiger partial charge in [-0.25, -0.2) is 9.78 Å². The van der Waals surface area contributed by atoms with Gasteiger partial charge >= 0.3 is 6.09 Å². The summed E-state index contributed by atoms with van der Waals surface area (Å²) >= 11 is 6.06. The number of carbonyl (C=O) groups excluding carboxylic acids is 1. The predicted molar refractivity (Wildman–Crippen MR) is 73.7 cm³/mol. The second-order valence-corrected chi connectivity index (χ2v) is 4.43. The van der Waals surface area contributed by atoms with Crippen molar-refractivity contribution in [2.75, 3.05) is 7.05 Å². The fourth-order valence-electron chi connectivity index (χ4n) is 2.00. The molecule has 1 amide bonds. The van der Waals surface area contributed by atoms with E-state index in [-0.39, 0.29) is 0 Å². The van der Waals surface area contributed by atoms with Crippen LogP contribution in [-0.4, -0.2) is 23.1 Å². The van der Waals surface area contributed by atoms with E-state index >= 15 is 0 Å². The number of benzene rings is 1. The number of aromatic nitrogens is 2. The molecule has 0 unspecified atom stereocenters. The molecule has 0 radical (unpaired) electrons. The van der Waals surface area contributed by atoms with Crippen molar-refractivity contribution in [3.63, 3.8) is 0 Å². The van der Waals surface area contributed by atoms with E-state index in [1.54, 1.807) is 12.3 Å². The number of hydrogen-bond acceptors (Lipinski definition) is 3. The molecule has 0 atom stereocenters. The van der Waals surface area contributed by atoms with Crippen LogP contribution in [0.3, 0.4) is 0 Å². The minimum Gasteiger partial charge on any atom is -0.408 e. The number of nitrogens with one attached hydrogen (secondary N) is 2. The van der Waals surface area contributed by atoms with E-state index in [1.807, 2.05) is 18.2 Å². The molecule has 0 saturated carbocycles. The summed E-state index contributed by atoms with van der Waals surface area (Å²) in [4.78, 5) is 18.7. The lowest BCUT2D eigenvalue weighted by Gasteiger charge is -2.05. The number of halogens is 1. The standard InChI is InChI=1S/C13H10ClN3O2/c1-15-13(18)19-10-6-7(14)5-9-8-3-2-4-16-12(8)17-11(9)10/h2-6H,1H3,(H,15,18)(H,16,17). The zero-order chi connectivity index (χ0) is 13.4. The van der Waals surface area contributed by atoms with Crippen molar-refractivity contribution in [3.05, 3.63) is 35.5 Å². The van der Waals surface area contributed by atoms with Gasteiger partial charge in [0.05, 0.1) is 5.52 Å². The summed E-state index contributed by atoms with van der Waals surface area (Å²) in [5.74, 6) is 0.375. The highest BCUT2D eigenvalue weighted by atomic mass is 35.5. The van der Waals surface area contributed by atoms with Crippen LogP contribution in [-0.2, 0) is 0 Å². The van der Waals surface area contributed by atoms with Gasteiger partial charge in [-0.15, -0.1) is 0 Å². The van der Waals surface area contributed by atoms with Crippen molar-refractivity contribution in [2.24, 2.45) is 0 Å². The first-order chi connectivity index (χ1) is 9.19. The Morgan fingerprint density at radius 3 is 3.05 bits per heavy atom. The minimum absolute atomic E-state index is 0.375. The highest BCUT2D eigenvalue weighted by Gasteiger charge is 2.13. The van der Waals surface area contributed by atoms with Gasteiger partial charge in [-0.3, -0.25) is 0 Å². The minimum atomic E-state index is -0.546. The van der Waals surface area contributed by atoms with Crippen molar-refractivity contribution >= 4 is 39.6 Å².